The molecule has 1 aromatic carbocycles. The molecule has 1 unspecified atom stereocenters. The fourth-order valence-corrected chi connectivity index (χ4v) is 3.35. The molecule has 5 nitrogen and oxygen atoms in total. The van der Waals surface area contributed by atoms with Crippen LogP contribution in [0.2, 0.25) is 0 Å². The van der Waals surface area contributed by atoms with Crippen molar-refractivity contribution >= 4 is 10.0 Å². The van der Waals surface area contributed by atoms with E-state index in [2.05, 4.69) is 10.0 Å². The zero-order valence-electron chi connectivity index (χ0n) is 10.3. The topological polar surface area (TPSA) is 67.4 Å². The fourth-order valence-electron chi connectivity index (χ4n) is 1.98. The van der Waals surface area contributed by atoms with E-state index in [0.717, 1.165) is 17.9 Å². The molecule has 1 aromatic rings. The third-order valence-corrected chi connectivity index (χ3v) is 4.89. The Morgan fingerprint density at radius 3 is 3.00 bits per heavy atom. The highest BCUT2D eigenvalue weighted by atomic mass is 32.2. The number of hydrogen-bond donors (Lipinski definition) is 2. The van der Waals surface area contributed by atoms with Crippen LogP contribution < -0.4 is 14.8 Å². The van der Waals surface area contributed by atoms with Gasteiger partial charge in [-0.3, -0.25) is 0 Å². The lowest BCUT2D eigenvalue weighted by Crippen LogP contribution is -2.35. The Hall–Kier alpha value is -1.11. The summed E-state index contributed by atoms with van der Waals surface area (Å²) in [6.45, 7) is 1.61. The highest BCUT2D eigenvalue weighted by molar-refractivity contribution is 7.90. The second-order valence-corrected chi connectivity index (χ2v) is 6.38. The Bertz CT molecular complexity index is 496. The van der Waals surface area contributed by atoms with Crippen LogP contribution in [-0.4, -0.2) is 33.9 Å². The lowest BCUT2D eigenvalue weighted by molar-refractivity contribution is 0.414. The minimum absolute atomic E-state index is 0.302. The van der Waals surface area contributed by atoms with Crippen LogP contribution in [0.25, 0.3) is 0 Å². The van der Waals surface area contributed by atoms with Crippen LogP contribution >= 0.6 is 0 Å². The number of methoxy groups -OCH3 is 1. The van der Waals surface area contributed by atoms with Gasteiger partial charge in [-0.25, -0.2) is 13.1 Å². The normalized spacial score (nSPS) is 19.9. The molecule has 0 bridgehead atoms. The second-order valence-electron chi connectivity index (χ2n) is 4.33. The van der Waals surface area contributed by atoms with E-state index in [1.807, 2.05) is 24.3 Å². The van der Waals surface area contributed by atoms with Gasteiger partial charge in [-0.2, -0.15) is 0 Å². The molecule has 2 N–H and O–H groups in total. The summed E-state index contributed by atoms with van der Waals surface area (Å²) in [6.07, 6.45) is 0.674. The van der Waals surface area contributed by atoms with Crippen molar-refractivity contribution in [2.45, 2.75) is 18.2 Å². The summed E-state index contributed by atoms with van der Waals surface area (Å²) in [4.78, 5) is 0. The predicted octanol–water partition coefficient (Wildman–Crippen LogP) is 0.476. The molecule has 1 heterocycles. The number of ether oxygens (including phenoxy) is 1. The monoisotopic (exact) mass is 270 g/mol. The lowest BCUT2D eigenvalue weighted by atomic mass is 10.2. The Labute approximate surface area is 108 Å². The molecule has 1 saturated heterocycles. The van der Waals surface area contributed by atoms with Gasteiger partial charge in [0.05, 0.1) is 12.4 Å². The Kier molecular flexibility index (Phi) is 4.21. The smallest absolute Gasteiger partial charge is 0.216 e. The number of sulfonamides is 1. The molecule has 0 aliphatic carbocycles. The van der Waals surface area contributed by atoms with Crippen molar-refractivity contribution in [3.63, 3.8) is 0 Å². The minimum atomic E-state index is -3.23. The molecular weight excluding hydrogens is 252 g/mol. The van der Waals surface area contributed by atoms with Gasteiger partial charge in [0.25, 0.3) is 0 Å². The molecule has 0 saturated carbocycles. The maximum absolute atomic E-state index is 12.0. The fraction of sp³-hybridized carbons (Fsp3) is 0.500. The van der Waals surface area contributed by atoms with Crippen molar-refractivity contribution in [1.29, 1.82) is 0 Å². The van der Waals surface area contributed by atoms with Gasteiger partial charge in [0.15, 0.2) is 0 Å². The lowest BCUT2D eigenvalue weighted by Gasteiger charge is -2.12. The van der Waals surface area contributed by atoms with Crippen LogP contribution in [0.3, 0.4) is 0 Å². The first-order valence-corrected chi connectivity index (χ1v) is 7.48. The van der Waals surface area contributed by atoms with Gasteiger partial charge < -0.3 is 10.1 Å². The van der Waals surface area contributed by atoms with E-state index in [1.54, 1.807) is 7.11 Å². The summed E-state index contributed by atoms with van der Waals surface area (Å²) < 4.78 is 31.7. The third-order valence-electron chi connectivity index (χ3n) is 3.07. The van der Waals surface area contributed by atoms with Crippen LogP contribution in [0.1, 0.15) is 12.0 Å². The molecule has 2 rings (SSSR count). The highest BCUT2D eigenvalue weighted by Crippen LogP contribution is 2.14. The van der Waals surface area contributed by atoms with Crippen LogP contribution in [0.15, 0.2) is 24.3 Å². The van der Waals surface area contributed by atoms with Crippen molar-refractivity contribution in [2.75, 3.05) is 20.2 Å². The molecule has 100 valence electrons. The molecule has 1 aliphatic heterocycles. The number of hydrogen-bond acceptors (Lipinski definition) is 4. The molecule has 6 heteroatoms. The van der Waals surface area contributed by atoms with Crippen molar-refractivity contribution in [3.05, 3.63) is 29.8 Å². The van der Waals surface area contributed by atoms with E-state index >= 15 is 0 Å². The molecule has 0 radical (unpaired) electrons. The molecule has 1 fully saturated rings. The van der Waals surface area contributed by atoms with E-state index in [-0.39, 0.29) is 5.25 Å². The van der Waals surface area contributed by atoms with E-state index in [9.17, 15) is 8.42 Å². The average Bonchev–Trinajstić information content (AvgIpc) is 2.91. The van der Waals surface area contributed by atoms with Crippen molar-refractivity contribution < 1.29 is 13.2 Å². The summed E-state index contributed by atoms with van der Waals surface area (Å²) in [6, 6.07) is 7.38. The van der Waals surface area contributed by atoms with Gasteiger partial charge in [0.2, 0.25) is 10.0 Å². The van der Waals surface area contributed by atoms with Crippen molar-refractivity contribution in [1.82, 2.24) is 10.0 Å². The van der Waals surface area contributed by atoms with E-state index in [1.165, 1.54) is 0 Å². The summed E-state index contributed by atoms with van der Waals surface area (Å²) in [5, 5.41) is 2.74. The third kappa shape index (κ3) is 3.22. The standard InChI is InChI=1S/C12H18N2O3S/c1-17-11-4-2-3-10(7-11)8-14-18(15,16)12-5-6-13-9-12/h2-4,7,12-14H,5-6,8-9H2,1H3. The predicted molar refractivity (Wildman–Crippen MR) is 70.0 cm³/mol. The van der Waals surface area contributed by atoms with Crippen LogP contribution in [-0.2, 0) is 16.6 Å². The summed E-state index contributed by atoms with van der Waals surface area (Å²) >= 11 is 0. The van der Waals surface area contributed by atoms with Crippen LogP contribution in [0, 0.1) is 0 Å². The first-order chi connectivity index (χ1) is 8.62. The first-order valence-electron chi connectivity index (χ1n) is 5.94. The highest BCUT2D eigenvalue weighted by Gasteiger charge is 2.27. The maximum atomic E-state index is 12.0. The zero-order chi connectivity index (χ0) is 13.0. The Balaban J connectivity index is 1.97. The molecular formula is C12H18N2O3S. The SMILES string of the molecule is COc1cccc(CNS(=O)(=O)C2CCNC2)c1. The number of nitrogens with one attached hydrogen (secondary N) is 2. The largest absolute Gasteiger partial charge is 0.497 e. The zero-order valence-corrected chi connectivity index (χ0v) is 11.2. The molecule has 0 aromatic heterocycles. The van der Waals surface area contributed by atoms with E-state index in [0.29, 0.717) is 19.5 Å². The summed E-state index contributed by atoms with van der Waals surface area (Å²) in [7, 11) is -1.64. The molecule has 0 spiro atoms. The Morgan fingerprint density at radius 1 is 1.50 bits per heavy atom. The Morgan fingerprint density at radius 2 is 2.33 bits per heavy atom. The van der Waals surface area contributed by atoms with Crippen molar-refractivity contribution in [3.8, 4) is 5.75 Å². The first kappa shape index (κ1) is 13.3. The van der Waals surface area contributed by atoms with Crippen molar-refractivity contribution in [2.24, 2.45) is 0 Å². The van der Waals surface area contributed by atoms with Gasteiger partial charge in [-0.15, -0.1) is 0 Å². The average molecular weight is 270 g/mol. The molecule has 1 atom stereocenters. The molecule has 18 heavy (non-hydrogen) atoms. The second kappa shape index (κ2) is 5.69. The maximum Gasteiger partial charge on any atom is 0.216 e. The van der Waals surface area contributed by atoms with Gasteiger partial charge >= 0.3 is 0 Å². The van der Waals surface area contributed by atoms with Crippen LogP contribution in [0.5, 0.6) is 5.75 Å². The van der Waals surface area contributed by atoms with E-state index in [4.69, 9.17) is 4.74 Å². The molecule has 1 aliphatic rings. The van der Waals surface area contributed by atoms with Crippen LogP contribution in [0.4, 0.5) is 0 Å². The van der Waals surface area contributed by atoms with Gasteiger partial charge in [-0.05, 0) is 30.7 Å². The summed E-state index contributed by atoms with van der Waals surface area (Å²) in [5.74, 6) is 0.731. The van der Waals surface area contributed by atoms with Gasteiger partial charge in [0.1, 0.15) is 5.75 Å². The minimum Gasteiger partial charge on any atom is -0.497 e. The van der Waals surface area contributed by atoms with E-state index < -0.39 is 10.0 Å². The summed E-state index contributed by atoms with van der Waals surface area (Å²) in [5.41, 5.74) is 0.892. The number of benzene rings is 1. The number of rotatable bonds is 5. The van der Waals surface area contributed by atoms with Gasteiger partial charge in [-0.1, -0.05) is 12.1 Å². The molecule has 0 amide bonds. The van der Waals surface area contributed by atoms with Gasteiger partial charge in [0, 0.05) is 13.1 Å². The quantitative estimate of drug-likeness (QED) is 0.816.